The molecule has 0 aliphatic carbocycles. The molecule has 2 aromatic rings. The Morgan fingerprint density at radius 2 is 2.10 bits per heavy atom. The molecule has 0 aliphatic rings. The van der Waals surface area contributed by atoms with Gasteiger partial charge in [-0.1, -0.05) is 41.1 Å². The molecule has 0 aromatic heterocycles. The Kier molecular flexibility index (Phi) is 4.70. The van der Waals surface area contributed by atoms with E-state index in [4.69, 9.17) is 0 Å². The number of aromatic hydroxyl groups is 1. The summed E-state index contributed by atoms with van der Waals surface area (Å²) in [4.78, 5) is 14.6. The SMILES string of the molecule is CCc1ccccc1N=Cc1cc(Br)cc([N+](=O)[O-])c1O. The van der Waals surface area contributed by atoms with Crippen molar-refractivity contribution in [1.29, 1.82) is 0 Å². The van der Waals surface area contributed by atoms with Crippen molar-refractivity contribution >= 4 is 33.5 Å². The molecule has 0 saturated carbocycles. The van der Waals surface area contributed by atoms with Gasteiger partial charge in [0.25, 0.3) is 0 Å². The first-order valence-corrected chi connectivity index (χ1v) is 7.11. The first-order chi connectivity index (χ1) is 10.0. The summed E-state index contributed by atoms with van der Waals surface area (Å²) in [6.07, 6.45) is 2.26. The highest BCUT2D eigenvalue weighted by atomic mass is 79.9. The maximum absolute atomic E-state index is 10.9. The first kappa shape index (κ1) is 15.2. The van der Waals surface area contributed by atoms with Crippen LogP contribution in [0.3, 0.4) is 0 Å². The van der Waals surface area contributed by atoms with Crippen LogP contribution in [0.1, 0.15) is 18.1 Å². The van der Waals surface area contributed by atoms with E-state index in [9.17, 15) is 15.2 Å². The molecule has 0 amide bonds. The molecule has 0 unspecified atom stereocenters. The second kappa shape index (κ2) is 6.49. The largest absolute Gasteiger partial charge is 0.502 e. The van der Waals surface area contributed by atoms with Crippen LogP contribution in [0.5, 0.6) is 5.75 Å². The van der Waals surface area contributed by atoms with Gasteiger partial charge in [0.2, 0.25) is 5.75 Å². The molecule has 0 saturated heterocycles. The van der Waals surface area contributed by atoms with Gasteiger partial charge in [-0.25, -0.2) is 0 Å². The summed E-state index contributed by atoms with van der Waals surface area (Å²) in [6, 6.07) is 10.5. The van der Waals surface area contributed by atoms with E-state index < -0.39 is 4.92 Å². The van der Waals surface area contributed by atoms with Crippen molar-refractivity contribution in [3.8, 4) is 5.75 Å². The van der Waals surface area contributed by atoms with Crippen LogP contribution in [0.4, 0.5) is 11.4 Å². The zero-order chi connectivity index (χ0) is 15.4. The van der Waals surface area contributed by atoms with Crippen molar-refractivity contribution < 1.29 is 10.0 Å². The number of aliphatic imine (C=N–C) groups is 1. The molecule has 0 radical (unpaired) electrons. The van der Waals surface area contributed by atoms with Crippen LogP contribution in [0.2, 0.25) is 0 Å². The standard InChI is InChI=1S/C15H13BrN2O3/c1-2-10-5-3-4-6-13(10)17-9-11-7-12(16)8-14(15(11)19)18(20)21/h3-9,19H,2H2,1H3. The molecule has 0 atom stereocenters. The fraction of sp³-hybridized carbons (Fsp3) is 0.133. The molecular formula is C15H13BrN2O3. The summed E-state index contributed by atoms with van der Waals surface area (Å²) < 4.78 is 0.511. The molecule has 0 heterocycles. The topological polar surface area (TPSA) is 75.7 Å². The lowest BCUT2D eigenvalue weighted by molar-refractivity contribution is -0.385. The Morgan fingerprint density at radius 3 is 2.76 bits per heavy atom. The Bertz CT molecular complexity index is 714. The molecular weight excluding hydrogens is 336 g/mol. The molecule has 0 fully saturated rings. The maximum Gasteiger partial charge on any atom is 0.312 e. The third-order valence-corrected chi connectivity index (χ3v) is 3.45. The van der Waals surface area contributed by atoms with E-state index in [1.165, 1.54) is 12.3 Å². The number of phenols is 1. The predicted octanol–water partition coefficient (Wildman–Crippen LogP) is 4.38. The number of rotatable bonds is 4. The lowest BCUT2D eigenvalue weighted by Gasteiger charge is -2.03. The molecule has 6 heteroatoms. The van der Waals surface area contributed by atoms with Gasteiger partial charge in [0.15, 0.2) is 0 Å². The predicted molar refractivity (Wildman–Crippen MR) is 85.5 cm³/mol. The van der Waals surface area contributed by atoms with E-state index in [0.717, 1.165) is 17.7 Å². The Morgan fingerprint density at radius 1 is 1.38 bits per heavy atom. The molecule has 1 N–H and O–H groups in total. The van der Waals surface area contributed by atoms with Crippen molar-refractivity contribution in [2.75, 3.05) is 0 Å². The van der Waals surface area contributed by atoms with Crippen LogP contribution >= 0.6 is 15.9 Å². The fourth-order valence-corrected chi connectivity index (χ4v) is 2.38. The van der Waals surface area contributed by atoms with E-state index in [-0.39, 0.29) is 11.4 Å². The van der Waals surface area contributed by atoms with Crippen LogP contribution in [0.15, 0.2) is 45.9 Å². The minimum absolute atomic E-state index is 0.294. The van der Waals surface area contributed by atoms with Crippen LogP contribution in [0, 0.1) is 10.1 Å². The van der Waals surface area contributed by atoms with Crippen molar-refractivity contribution in [2.24, 2.45) is 4.99 Å². The number of aryl methyl sites for hydroxylation is 1. The number of para-hydroxylation sites is 1. The van der Waals surface area contributed by atoms with Gasteiger partial charge in [0.05, 0.1) is 10.6 Å². The lowest BCUT2D eigenvalue weighted by Crippen LogP contribution is -1.93. The molecule has 2 rings (SSSR count). The normalized spacial score (nSPS) is 11.0. The third kappa shape index (κ3) is 3.46. The summed E-state index contributed by atoms with van der Waals surface area (Å²) in [5.41, 5.74) is 1.79. The average Bonchev–Trinajstić information content (AvgIpc) is 2.47. The van der Waals surface area contributed by atoms with E-state index >= 15 is 0 Å². The third-order valence-electron chi connectivity index (χ3n) is 3.00. The molecule has 5 nitrogen and oxygen atoms in total. The van der Waals surface area contributed by atoms with Crippen LogP contribution in [0.25, 0.3) is 0 Å². The number of hydrogen-bond acceptors (Lipinski definition) is 4. The van der Waals surface area contributed by atoms with Crippen LogP contribution < -0.4 is 0 Å². The Balaban J connectivity index is 2.44. The summed E-state index contributed by atoms with van der Waals surface area (Å²) >= 11 is 3.19. The van der Waals surface area contributed by atoms with Crippen molar-refractivity contribution in [3.63, 3.8) is 0 Å². The summed E-state index contributed by atoms with van der Waals surface area (Å²) in [7, 11) is 0. The highest BCUT2D eigenvalue weighted by molar-refractivity contribution is 9.10. The highest BCUT2D eigenvalue weighted by Crippen LogP contribution is 2.32. The van der Waals surface area contributed by atoms with Gasteiger partial charge < -0.3 is 5.11 Å². The monoisotopic (exact) mass is 348 g/mol. The Hall–Kier alpha value is -2.21. The molecule has 2 aromatic carbocycles. The molecule has 21 heavy (non-hydrogen) atoms. The van der Waals surface area contributed by atoms with Gasteiger partial charge >= 0.3 is 5.69 Å². The van der Waals surface area contributed by atoms with Gasteiger partial charge in [-0.3, -0.25) is 15.1 Å². The quantitative estimate of drug-likeness (QED) is 0.506. The smallest absolute Gasteiger partial charge is 0.312 e. The van der Waals surface area contributed by atoms with Gasteiger partial charge in [-0.2, -0.15) is 0 Å². The summed E-state index contributed by atoms with van der Waals surface area (Å²) in [5.74, 6) is -0.388. The number of nitrogens with zero attached hydrogens (tertiary/aromatic N) is 2. The van der Waals surface area contributed by atoms with Crippen molar-refractivity contribution in [3.05, 3.63) is 62.1 Å². The Labute approximate surface area is 130 Å². The highest BCUT2D eigenvalue weighted by Gasteiger charge is 2.17. The molecule has 0 aliphatic heterocycles. The molecule has 108 valence electrons. The van der Waals surface area contributed by atoms with Gasteiger partial charge in [0.1, 0.15) is 0 Å². The van der Waals surface area contributed by atoms with Crippen LogP contribution in [-0.4, -0.2) is 16.2 Å². The maximum atomic E-state index is 10.9. The first-order valence-electron chi connectivity index (χ1n) is 6.31. The van der Waals surface area contributed by atoms with Crippen molar-refractivity contribution in [2.45, 2.75) is 13.3 Å². The zero-order valence-corrected chi connectivity index (χ0v) is 12.9. The van der Waals surface area contributed by atoms with Crippen molar-refractivity contribution in [1.82, 2.24) is 0 Å². The number of halogens is 1. The van der Waals surface area contributed by atoms with Crippen LogP contribution in [-0.2, 0) is 6.42 Å². The van der Waals surface area contributed by atoms with Gasteiger partial charge in [-0.15, -0.1) is 0 Å². The second-order valence-electron chi connectivity index (χ2n) is 4.36. The number of benzene rings is 2. The van der Waals surface area contributed by atoms with E-state index in [0.29, 0.717) is 10.0 Å². The van der Waals surface area contributed by atoms with E-state index in [2.05, 4.69) is 20.9 Å². The van der Waals surface area contributed by atoms with E-state index in [1.54, 1.807) is 6.07 Å². The lowest BCUT2D eigenvalue weighted by atomic mass is 10.1. The minimum Gasteiger partial charge on any atom is -0.502 e. The number of phenolic OH excluding ortho intramolecular Hbond substituents is 1. The van der Waals surface area contributed by atoms with E-state index in [1.807, 2.05) is 31.2 Å². The zero-order valence-electron chi connectivity index (χ0n) is 11.3. The number of hydrogen-bond donors (Lipinski definition) is 1. The van der Waals surface area contributed by atoms with Gasteiger partial charge in [-0.05, 0) is 24.1 Å². The summed E-state index contributed by atoms with van der Waals surface area (Å²) in [5, 5.41) is 20.8. The number of nitro benzene ring substituents is 1. The van der Waals surface area contributed by atoms with Gasteiger partial charge in [0, 0.05) is 22.3 Å². The fourth-order valence-electron chi connectivity index (χ4n) is 1.92. The molecule has 0 bridgehead atoms. The summed E-state index contributed by atoms with van der Waals surface area (Å²) in [6.45, 7) is 2.02. The second-order valence-corrected chi connectivity index (χ2v) is 5.28. The average molecular weight is 349 g/mol. The minimum atomic E-state index is -0.628. The molecule has 0 spiro atoms. The number of nitro groups is 1.